The summed E-state index contributed by atoms with van der Waals surface area (Å²) in [5, 5.41) is 2.86. The summed E-state index contributed by atoms with van der Waals surface area (Å²) in [6.07, 6.45) is 0. The lowest BCUT2D eigenvalue weighted by Gasteiger charge is -2.37. The van der Waals surface area contributed by atoms with Crippen molar-refractivity contribution in [2.24, 2.45) is 5.73 Å². The Morgan fingerprint density at radius 1 is 1.47 bits per heavy atom. The third kappa shape index (κ3) is 2.13. The molecule has 1 saturated heterocycles. The van der Waals surface area contributed by atoms with E-state index in [0.29, 0.717) is 13.1 Å². The molecule has 92 valence electrons. The van der Waals surface area contributed by atoms with Crippen molar-refractivity contribution in [2.45, 2.75) is 19.9 Å². The molecule has 4 heteroatoms. The van der Waals surface area contributed by atoms with Crippen molar-refractivity contribution in [3.63, 3.8) is 0 Å². The van der Waals surface area contributed by atoms with Crippen LogP contribution in [0.1, 0.15) is 11.1 Å². The Labute approximate surface area is 102 Å². The summed E-state index contributed by atoms with van der Waals surface area (Å²) in [4.78, 5) is 13.9. The van der Waals surface area contributed by atoms with E-state index in [4.69, 9.17) is 5.73 Å². The highest BCUT2D eigenvalue weighted by atomic mass is 16.2. The zero-order chi connectivity index (χ0) is 12.4. The van der Waals surface area contributed by atoms with Gasteiger partial charge in [0.25, 0.3) is 0 Å². The lowest BCUT2D eigenvalue weighted by molar-refractivity contribution is -0.123. The Morgan fingerprint density at radius 3 is 2.94 bits per heavy atom. The van der Waals surface area contributed by atoms with Crippen LogP contribution in [-0.4, -0.2) is 31.6 Å². The zero-order valence-electron chi connectivity index (χ0n) is 10.4. The van der Waals surface area contributed by atoms with E-state index >= 15 is 0 Å². The molecule has 2 rings (SSSR count). The van der Waals surface area contributed by atoms with Crippen LogP contribution in [0, 0.1) is 13.8 Å². The number of hydrogen-bond donors (Lipinski definition) is 2. The highest BCUT2D eigenvalue weighted by Crippen LogP contribution is 2.25. The number of piperazine rings is 1. The van der Waals surface area contributed by atoms with Gasteiger partial charge in [-0.1, -0.05) is 12.1 Å². The van der Waals surface area contributed by atoms with Gasteiger partial charge < -0.3 is 16.0 Å². The summed E-state index contributed by atoms with van der Waals surface area (Å²) in [6, 6.07) is 5.92. The van der Waals surface area contributed by atoms with E-state index in [-0.39, 0.29) is 11.9 Å². The molecule has 3 N–H and O–H groups in total. The largest absolute Gasteiger partial charge is 0.357 e. The highest BCUT2D eigenvalue weighted by Gasteiger charge is 2.29. The molecule has 17 heavy (non-hydrogen) atoms. The van der Waals surface area contributed by atoms with Crippen LogP contribution in [0.15, 0.2) is 18.2 Å². The van der Waals surface area contributed by atoms with Crippen molar-refractivity contribution in [3.05, 3.63) is 29.3 Å². The van der Waals surface area contributed by atoms with Gasteiger partial charge in [0.15, 0.2) is 0 Å². The number of benzene rings is 1. The molecule has 1 aliphatic rings. The van der Waals surface area contributed by atoms with Gasteiger partial charge in [-0.05, 0) is 31.0 Å². The van der Waals surface area contributed by atoms with Crippen molar-refractivity contribution >= 4 is 11.6 Å². The van der Waals surface area contributed by atoms with Crippen LogP contribution in [0.25, 0.3) is 0 Å². The van der Waals surface area contributed by atoms with Crippen molar-refractivity contribution in [1.82, 2.24) is 5.32 Å². The fourth-order valence-electron chi connectivity index (χ4n) is 2.28. The number of nitrogens with two attached hydrogens (primary N) is 1. The third-order valence-corrected chi connectivity index (χ3v) is 3.44. The molecular weight excluding hydrogens is 214 g/mol. The van der Waals surface area contributed by atoms with Gasteiger partial charge in [0.2, 0.25) is 5.91 Å². The monoisotopic (exact) mass is 233 g/mol. The lowest BCUT2D eigenvalue weighted by Crippen LogP contribution is -2.58. The lowest BCUT2D eigenvalue weighted by atomic mass is 10.0. The van der Waals surface area contributed by atoms with Gasteiger partial charge in [-0.15, -0.1) is 0 Å². The summed E-state index contributed by atoms with van der Waals surface area (Å²) >= 11 is 0. The molecule has 0 radical (unpaired) electrons. The molecule has 0 spiro atoms. The van der Waals surface area contributed by atoms with Gasteiger partial charge in [-0.2, -0.15) is 0 Å². The van der Waals surface area contributed by atoms with Crippen LogP contribution in [0.4, 0.5) is 5.69 Å². The van der Waals surface area contributed by atoms with E-state index in [1.807, 2.05) is 6.07 Å². The number of nitrogens with zero attached hydrogens (tertiary/aromatic N) is 1. The van der Waals surface area contributed by atoms with Crippen LogP contribution in [-0.2, 0) is 4.79 Å². The minimum atomic E-state index is -0.246. The van der Waals surface area contributed by atoms with Gasteiger partial charge in [0, 0.05) is 25.3 Å². The molecule has 1 aromatic rings. The predicted molar refractivity (Wildman–Crippen MR) is 69.1 cm³/mol. The summed E-state index contributed by atoms with van der Waals surface area (Å²) in [7, 11) is 0. The van der Waals surface area contributed by atoms with Crippen LogP contribution in [0.5, 0.6) is 0 Å². The minimum absolute atomic E-state index is 0.0275. The molecule has 0 saturated carbocycles. The predicted octanol–water partition coefficient (Wildman–Crippen LogP) is 0.567. The van der Waals surface area contributed by atoms with Crippen molar-refractivity contribution in [2.75, 3.05) is 24.5 Å². The number of anilines is 1. The molecular formula is C13H19N3O. The average molecular weight is 233 g/mol. The quantitative estimate of drug-likeness (QED) is 0.785. The van der Waals surface area contributed by atoms with Crippen LogP contribution >= 0.6 is 0 Å². The first-order chi connectivity index (χ1) is 8.15. The van der Waals surface area contributed by atoms with Gasteiger partial charge in [0.05, 0.1) is 0 Å². The number of carbonyl (C=O) groups is 1. The molecule has 1 atom stereocenters. The van der Waals surface area contributed by atoms with E-state index in [9.17, 15) is 4.79 Å². The maximum Gasteiger partial charge on any atom is 0.244 e. The van der Waals surface area contributed by atoms with Crippen LogP contribution in [0.2, 0.25) is 0 Å². The Balaban J connectivity index is 2.37. The molecule has 0 bridgehead atoms. The number of nitrogens with one attached hydrogen (secondary N) is 1. The Morgan fingerprint density at radius 2 is 2.24 bits per heavy atom. The molecule has 1 aromatic carbocycles. The normalized spacial score (nSPS) is 20.3. The molecule has 1 aliphatic heterocycles. The number of rotatable bonds is 2. The maximum atomic E-state index is 11.8. The first-order valence-electron chi connectivity index (χ1n) is 5.95. The number of aryl methyl sites for hydroxylation is 1. The SMILES string of the molecule is Cc1cccc(N2CCNC(=O)C2CN)c1C. The number of hydrogen-bond acceptors (Lipinski definition) is 3. The first-order valence-corrected chi connectivity index (χ1v) is 5.95. The number of carbonyl (C=O) groups excluding carboxylic acids is 1. The summed E-state index contributed by atoms with van der Waals surface area (Å²) in [6.45, 7) is 6.02. The Kier molecular flexibility index (Phi) is 3.33. The Bertz CT molecular complexity index is 431. The van der Waals surface area contributed by atoms with Crippen LogP contribution in [0.3, 0.4) is 0 Å². The fourth-order valence-corrected chi connectivity index (χ4v) is 2.28. The van der Waals surface area contributed by atoms with E-state index < -0.39 is 0 Å². The second-order valence-corrected chi connectivity index (χ2v) is 4.45. The zero-order valence-corrected chi connectivity index (χ0v) is 10.4. The van der Waals surface area contributed by atoms with Gasteiger partial charge in [-0.3, -0.25) is 4.79 Å². The number of amides is 1. The standard InChI is InChI=1S/C13H19N3O/c1-9-4-3-5-11(10(9)2)16-7-6-15-13(17)12(16)8-14/h3-5,12H,6-8,14H2,1-2H3,(H,15,17). The summed E-state index contributed by atoms with van der Waals surface area (Å²) < 4.78 is 0. The highest BCUT2D eigenvalue weighted by molar-refractivity contribution is 5.87. The maximum absolute atomic E-state index is 11.8. The molecule has 1 unspecified atom stereocenters. The average Bonchev–Trinajstić information content (AvgIpc) is 2.32. The van der Waals surface area contributed by atoms with E-state index in [1.165, 1.54) is 11.1 Å². The Hall–Kier alpha value is -1.55. The second kappa shape index (κ2) is 4.75. The minimum Gasteiger partial charge on any atom is -0.357 e. The van der Waals surface area contributed by atoms with E-state index in [0.717, 1.165) is 12.2 Å². The van der Waals surface area contributed by atoms with Crippen molar-refractivity contribution in [3.8, 4) is 0 Å². The van der Waals surface area contributed by atoms with E-state index in [2.05, 4.69) is 36.2 Å². The van der Waals surface area contributed by atoms with Crippen LogP contribution < -0.4 is 16.0 Å². The summed E-state index contributed by atoms with van der Waals surface area (Å²) in [5.41, 5.74) is 9.29. The topological polar surface area (TPSA) is 58.4 Å². The fraction of sp³-hybridized carbons (Fsp3) is 0.462. The second-order valence-electron chi connectivity index (χ2n) is 4.45. The van der Waals surface area contributed by atoms with Crippen molar-refractivity contribution in [1.29, 1.82) is 0 Å². The van der Waals surface area contributed by atoms with Gasteiger partial charge in [-0.25, -0.2) is 0 Å². The van der Waals surface area contributed by atoms with Gasteiger partial charge >= 0.3 is 0 Å². The van der Waals surface area contributed by atoms with Crippen molar-refractivity contribution < 1.29 is 4.79 Å². The summed E-state index contributed by atoms with van der Waals surface area (Å²) in [5.74, 6) is 0.0275. The molecule has 4 nitrogen and oxygen atoms in total. The van der Waals surface area contributed by atoms with Gasteiger partial charge in [0.1, 0.15) is 6.04 Å². The molecule has 0 aromatic heterocycles. The smallest absolute Gasteiger partial charge is 0.244 e. The molecule has 0 aliphatic carbocycles. The van der Waals surface area contributed by atoms with E-state index in [1.54, 1.807) is 0 Å². The third-order valence-electron chi connectivity index (χ3n) is 3.44. The molecule has 1 fully saturated rings. The molecule has 1 heterocycles. The molecule has 1 amide bonds. The first kappa shape index (κ1) is 11.9.